The monoisotopic (exact) mass is 299 g/mol. The first kappa shape index (κ1) is 14.3. The van der Waals surface area contributed by atoms with Gasteiger partial charge in [-0.2, -0.15) is 0 Å². The average Bonchev–Trinajstić information content (AvgIpc) is 2.54. The number of hydrogen-bond acceptors (Lipinski definition) is 5. The number of rotatable bonds is 3. The van der Waals surface area contributed by atoms with Crippen molar-refractivity contribution >= 4 is 5.84 Å². The van der Waals surface area contributed by atoms with Crippen molar-refractivity contribution in [3.63, 3.8) is 0 Å². The van der Waals surface area contributed by atoms with Crippen molar-refractivity contribution < 1.29 is 9.66 Å². The molecule has 2 atom stereocenters. The fourth-order valence-corrected chi connectivity index (χ4v) is 2.86. The minimum Gasteiger partial charge on any atom is -0.497 e. The summed E-state index contributed by atoms with van der Waals surface area (Å²) in [5, 5.41) is 11.0. The highest BCUT2D eigenvalue weighted by Crippen LogP contribution is 2.35. The zero-order valence-corrected chi connectivity index (χ0v) is 12.5. The molecule has 2 unspecified atom stereocenters. The van der Waals surface area contributed by atoms with E-state index in [1.807, 2.05) is 29.2 Å². The van der Waals surface area contributed by atoms with Crippen LogP contribution in [0.4, 0.5) is 0 Å². The lowest BCUT2D eigenvalue weighted by atomic mass is 9.91. The van der Waals surface area contributed by atoms with Gasteiger partial charge in [-0.25, -0.2) is 0 Å². The molecule has 0 saturated heterocycles. The topological polar surface area (TPSA) is 68.0 Å². The van der Waals surface area contributed by atoms with Crippen molar-refractivity contribution in [3.05, 3.63) is 64.0 Å². The maximum atomic E-state index is 11.0. The van der Waals surface area contributed by atoms with E-state index >= 15 is 0 Å². The third-order valence-corrected chi connectivity index (χ3v) is 3.99. The highest BCUT2D eigenvalue weighted by molar-refractivity contribution is 5.96. The Kier molecular flexibility index (Phi) is 3.66. The lowest BCUT2D eigenvalue weighted by molar-refractivity contribution is -0.420. The number of hydrogen-bond donors (Lipinski definition) is 0. The minimum atomic E-state index is -0.377. The normalized spacial score (nSPS) is 23.5. The molecule has 0 spiro atoms. The molecule has 0 bridgehead atoms. The number of amidine groups is 1. The largest absolute Gasteiger partial charge is 0.497 e. The summed E-state index contributed by atoms with van der Waals surface area (Å²) < 4.78 is 5.19. The summed E-state index contributed by atoms with van der Waals surface area (Å²) >= 11 is 0. The number of aliphatic imine (C=N–C) groups is 1. The standard InChI is InChI=1S/C16H17N3O3/c1-11-9-17-15-8-5-13(19(20)21)10-18(15)16(11)12-3-6-14(22-2)7-4-12/h3-8,10-11,16H,9H2,1-2H3. The number of benzene rings is 1. The Balaban J connectivity index is 1.99. The van der Waals surface area contributed by atoms with E-state index in [2.05, 4.69) is 11.9 Å². The zero-order chi connectivity index (χ0) is 15.7. The number of nitro groups is 1. The van der Waals surface area contributed by atoms with Gasteiger partial charge in [-0.3, -0.25) is 15.1 Å². The SMILES string of the molecule is COc1ccc(C2C(C)CN=C3C=CC([N+](=O)[O-])=CN32)cc1. The second-order valence-electron chi connectivity index (χ2n) is 5.45. The predicted octanol–water partition coefficient (Wildman–Crippen LogP) is 2.77. The summed E-state index contributed by atoms with van der Waals surface area (Å²) in [6.07, 6.45) is 4.78. The van der Waals surface area contributed by atoms with Crippen molar-refractivity contribution in [2.75, 3.05) is 13.7 Å². The van der Waals surface area contributed by atoms with Crippen LogP contribution in [0.1, 0.15) is 18.5 Å². The molecule has 0 aliphatic carbocycles. The van der Waals surface area contributed by atoms with Crippen LogP contribution in [0.3, 0.4) is 0 Å². The molecule has 2 aliphatic rings. The van der Waals surface area contributed by atoms with Crippen LogP contribution < -0.4 is 4.74 Å². The summed E-state index contributed by atoms with van der Waals surface area (Å²) in [5.41, 5.74) is 1.17. The summed E-state index contributed by atoms with van der Waals surface area (Å²) in [5.74, 6) is 1.82. The molecule has 0 radical (unpaired) electrons. The smallest absolute Gasteiger partial charge is 0.285 e. The van der Waals surface area contributed by atoms with Gasteiger partial charge < -0.3 is 9.64 Å². The van der Waals surface area contributed by atoms with Gasteiger partial charge in [0.25, 0.3) is 5.70 Å². The molecule has 2 heterocycles. The van der Waals surface area contributed by atoms with Crippen molar-refractivity contribution in [3.8, 4) is 5.75 Å². The van der Waals surface area contributed by atoms with Gasteiger partial charge in [0, 0.05) is 18.5 Å². The van der Waals surface area contributed by atoms with E-state index in [1.165, 1.54) is 6.08 Å². The Hall–Kier alpha value is -2.63. The van der Waals surface area contributed by atoms with Crippen LogP contribution in [0.5, 0.6) is 5.75 Å². The van der Waals surface area contributed by atoms with Gasteiger partial charge in [-0.05, 0) is 23.8 Å². The van der Waals surface area contributed by atoms with Gasteiger partial charge in [0.2, 0.25) is 0 Å². The van der Waals surface area contributed by atoms with Crippen molar-refractivity contribution in [1.29, 1.82) is 0 Å². The van der Waals surface area contributed by atoms with Crippen LogP contribution in [0.15, 0.2) is 53.3 Å². The van der Waals surface area contributed by atoms with Gasteiger partial charge in [-0.15, -0.1) is 0 Å². The Bertz CT molecular complexity index is 676. The second-order valence-corrected chi connectivity index (χ2v) is 5.45. The van der Waals surface area contributed by atoms with Gasteiger partial charge in [-0.1, -0.05) is 19.1 Å². The Morgan fingerprint density at radius 3 is 2.68 bits per heavy atom. The summed E-state index contributed by atoms with van der Waals surface area (Å²) in [7, 11) is 1.63. The van der Waals surface area contributed by atoms with E-state index in [4.69, 9.17) is 4.74 Å². The molecule has 22 heavy (non-hydrogen) atoms. The molecule has 0 aromatic heterocycles. The molecule has 2 aliphatic heterocycles. The molecule has 1 aromatic rings. The number of ether oxygens (including phenoxy) is 1. The molecule has 0 amide bonds. The van der Waals surface area contributed by atoms with E-state index in [1.54, 1.807) is 19.4 Å². The number of fused-ring (bicyclic) bond motifs is 1. The Morgan fingerprint density at radius 1 is 1.32 bits per heavy atom. The minimum absolute atomic E-state index is 0.0262. The van der Waals surface area contributed by atoms with Crippen molar-refractivity contribution in [2.24, 2.45) is 10.9 Å². The van der Waals surface area contributed by atoms with E-state index in [-0.39, 0.29) is 22.6 Å². The van der Waals surface area contributed by atoms with Crippen molar-refractivity contribution in [2.45, 2.75) is 13.0 Å². The molecule has 1 aromatic carbocycles. The number of methoxy groups -OCH3 is 1. The maximum Gasteiger partial charge on any atom is 0.285 e. The average molecular weight is 299 g/mol. The van der Waals surface area contributed by atoms with Gasteiger partial charge in [0.1, 0.15) is 11.6 Å². The van der Waals surface area contributed by atoms with Crippen LogP contribution in [0.25, 0.3) is 0 Å². The van der Waals surface area contributed by atoms with Crippen LogP contribution in [-0.2, 0) is 0 Å². The molecule has 0 N–H and O–H groups in total. The Morgan fingerprint density at radius 2 is 2.05 bits per heavy atom. The molecule has 6 heteroatoms. The summed E-state index contributed by atoms with van der Waals surface area (Å²) in [6.45, 7) is 2.81. The van der Waals surface area contributed by atoms with Crippen LogP contribution in [-0.4, -0.2) is 29.3 Å². The van der Waals surface area contributed by atoms with Crippen LogP contribution in [0, 0.1) is 16.0 Å². The van der Waals surface area contributed by atoms with Crippen molar-refractivity contribution in [1.82, 2.24) is 4.90 Å². The Labute approximate surface area is 128 Å². The second kappa shape index (κ2) is 5.63. The zero-order valence-electron chi connectivity index (χ0n) is 12.5. The van der Waals surface area contributed by atoms with E-state index in [0.29, 0.717) is 6.54 Å². The summed E-state index contributed by atoms with van der Waals surface area (Å²) in [6, 6.07) is 7.84. The van der Waals surface area contributed by atoms with Crippen LogP contribution >= 0.6 is 0 Å². The molecule has 3 rings (SSSR count). The number of nitrogens with zero attached hydrogens (tertiary/aromatic N) is 3. The molecule has 6 nitrogen and oxygen atoms in total. The third kappa shape index (κ3) is 2.47. The van der Waals surface area contributed by atoms with Gasteiger partial charge in [0.15, 0.2) is 0 Å². The van der Waals surface area contributed by atoms with Gasteiger partial charge in [0.05, 0.1) is 24.3 Å². The van der Waals surface area contributed by atoms with E-state index < -0.39 is 0 Å². The lowest BCUT2D eigenvalue weighted by Gasteiger charge is -2.38. The van der Waals surface area contributed by atoms with E-state index in [0.717, 1.165) is 17.1 Å². The number of allylic oxidation sites excluding steroid dienone is 1. The third-order valence-electron chi connectivity index (χ3n) is 3.99. The quantitative estimate of drug-likeness (QED) is 0.635. The molecule has 114 valence electrons. The first-order valence-corrected chi connectivity index (χ1v) is 7.11. The van der Waals surface area contributed by atoms with E-state index in [9.17, 15) is 10.1 Å². The molecular weight excluding hydrogens is 282 g/mol. The van der Waals surface area contributed by atoms with Crippen LogP contribution in [0.2, 0.25) is 0 Å². The predicted molar refractivity (Wildman–Crippen MR) is 83.3 cm³/mol. The summed E-state index contributed by atoms with van der Waals surface area (Å²) in [4.78, 5) is 17.1. The fourth-order valence-electron chi connectivity index (χ4n) is 2.86. The molecule has 0 saturated carbocycles. The highest BCUT2D eigenvalue weighted by Gasteiger charge is 2.33. The fraction of sp³-hybridized carbons (Fsp3) is 0.312. The molecule has 0 fully saturated rings. The van der Waals surface area contributed by atoms with Gasteiger partial charge >= 0.3 is 0 Å². The highest BCUT2D eigenvalue weighted by atomic mass is 16.6. The molecular formula is C16H17N3O3. The maximum absolute atomic E-state index is 11.0. The first-order valence-electron chi connectivity index (χ1n) is 7.11. The first-order chi connectivity index (χ1) is 10.6. The lowest BCUT2D eigenvalue weighted by Crippen LogP contribution is -2.40.